The zero-order valence-electron chi connectivity index (χ0n) is 13.8. The van der Waals surface area contributed by atoms with Crippen LogP contribution in [0, 0.1) is 6.92 Å². The van der Waals surface area contributed by atoms with E-state index in [1.54, 1.807) is 14.0 Å². The molecule has 1 saturated heterocycles. The van der Waals surface area contributed by atoms with E-state index < -0.39 is 0 Å². The van der Waals surface area contributed by atoms with Crippen LogP contribution in [0.5, 0.6) is 0 Å². The molecule has 0 atom stereocenters. The number of likely N-dealkylation sites (tertiary alicyclic amines) is 1. The molecular weight excluding hydrogens is 312 g/mol. The Labute approximate surface area is 138 Å². The van der Waals surface area contributed by atoms with Crippen LogP contribution in [0.25, 0.3) is 11.1 Å². The van der Waals surface area contributed by atoms with Gasteiger partial charge in [0.15, 0.2) is 0 Å². The standard InChI is InChI=1S/C16H20N4O4/c1-10-12(13-15(24-10)18-9-19(2)16(13)23)14(22)17-6-4-8-20-7-3-5-11(20)21/h9H,3-8H2,1-2H3,(H,17,22). The lowest BCUT2D eigenvalue weighted by Crippen LogP contribution is -2.31. The van der Waals surface area contributed by atoms with E-state index in [9.17, 15) is 14.4 Å². The van der Waals surface area contributed by atoms with Crippen molar-refractivity contribution in [3.05, 3.63) is 28.0 Å². The first kappa shape index (κ1) is 16.2. The zero-order chi connectivity index (χ0) is 17.3. The molecular formula is C16H20N4O4. The number of fused-ring (bicyclic) bond motifs is 1. The highest BCUT2D eigenvalue weighted by Gasteiger charge is 2.23. The summed E-state index contributed by atoms with van der Waals surface area (Å²) in [4.78, 5) is 42.1. The molecule has 2 aromatic rings. The first-order valence-corrected chi connectivity index (χ1v) is 7.99. The molecule has 3 heterocycles. The van der Waals surface area contributed by atoms with Gasteiger partial charge in [-0.25, -0.2) is 4.98 Å². The van der Waals surface area contributed by atoms with E-state index in [1.807, 2.05) is 4.90 Å². The normalized spacial score (nSPS) is 14.6. The second kappa shape index (κ2) is 6.46. The summed E-state index contributed by atoms with van der Waals surface area (Å²) < 4.78 is 6.73. The Balaban J connectivity index is 1.68. The number of nitrogens with zero attached hydrogens (tertiary/aromatic N) is 3. The van der Waals surface area contributed by atoms with Crippen LogP contribution < -0.4 is 10.9 Å². The van der Waals surface area contributed by atoms with Crippen molar-refractivity contribution in [2.45, 2.75) is 26.2 Å². The summed E-state index contributed by atoms with van der Waals surface area (Å²) in [5.74, 6) is 0.185. The van der Waals surface area contributed by atoms with Crippen LogP contribution in [0.2, 0.25) is 0 Å². The van der Waals surface area contributed by atoms with Crippen molar-refractivity contribution < 1.29 is 14.0 Å². The number of carbonyl (C=O) groups is 2. The molecule has 8 nitrogen and oxygen atoms in total. The summed E-state index contributed by atoms with van der Waals surface area (Å²) in [7, 11) is 1.58. The zero-order valence-corrected chi connectivity index (χ0v) is 13.8. The predicted molar refractivity (Wildman–Crippen MR) is 86.8 cm³/mol. The number of aryl methyl sites for hydroxylation is 2. The van der Waals surface area contributed by atoms with E-state index in [0.29, 0.717) is 31.7 Å². The third kappa shape index (κ3) is 2.91. The lowest BCUT2D eigenvalue weighted by Gasteiger charge is -2.15. The topological polar surface area (TPSA) is 97.4 Å². The van der Waals surface area contributed by atoms with Gasteiger partial charge in [0.05, 0.1) is 5.56 Å². The number of carbonyl (C=O) groups excluding carboxylic acids is 2. The molecule has 0 bridgehead atoms. The molecule has 1 N–H and O–H groups in total. The summed E-state index contributed by atoms with van der Waals surface area (Å²) >= 11 is 0. The van der Waals surface area contributed by atoms with Crippen molar-refractivity contribution in [1.29, 1.82) is 0 Å². The fourth-order valence-electron chi connectivity index (χ4n) is 2.96. The number of hydrogen-bond acceptors (Lipinski definition) is 5. The van der Waals surface area contributed by atoms with Gasteiger partial charge < -0.3 is 19.2 Å². The summed E-state index contributed by atoms with van der Waals surface area (Å²) in [6.45, 7) is 3.49. The fourth-order valence-corrected chi connectivity index (χ4v) is 2.96. The lowest BCUT2D eigenvalue weighted by molar-refractivity contribution is -0.127. The van der Waals surface area contributed by atoms with Gasteiger partial charge in [-0.2, -0.15) is 0 Å². The smallest absolute Gasteiger partial charge is 0.265 e. The maximum absolute atomic E-state index is 12.4. The molecule has 128 valence electrons. The second-order valence-electron chi connectivity index (χ2n) is 5.97. The van der Waals surface area contributed by atoms with Gasteiger partial charge >= 0.3 is 0 Å². The number of aromatic nitrogens is 2. The summed E-state index contributed by atoms with van der Waals surface area (Å²) in [5.41, 5.74) is 0.0871. The Morgan fingerprint density at radius 3 is 2.92 bits per heavy atom. The quantitative estimate of drug-likeness (QED) is 0.808. The molecule has 1 aliphatic heterocycles. The number of furan rings is 1. The van der Waals surface area contributed by atoms with Crippen molar-refractivity contribution in [1.82, 2.24) is 19.8 Å². The van der Waals surface area contributed by atoms with Gasteiger partial charge in [-0.1, -0.05) is 0 Å². The van der Waals surface area contributed by atoms with Gasteiger partial charge in [-0.3, -0.25) is 14.4 Å². The third-order valence-corrected chi connectivity index (χ3v) is 4.24. The predicted octanol–water partition coefficient (Wildman–Crippen LogP) is 0.577. The van der Waals surface area contributed by atoms with Crippen LogP contribution in [-0.4, -0.2) is 45.9 Å². The van der Waals surface area contributed by atoms with E-state index in [-0.39, 0.29) is 34.0 Å². The molecule has 0 aliphatic carbocycles. The molecule has 2 aromatic heterocycles. The maximum Gasteiger partial charge on any atom is 0.265 e. The highest BCUT2D eigenvalue weighted by atomic mass is 16.3. The molecule has 0 aromatic carbocycles. The molecule has 0 spiro atoms. The van der Waals surface area contributed by atoms with Crippen LogP contribution in [0.3, 0.4) is 0 Å². The highest BCUT2D eigenvalue weighted by molar-refractivity contribution is 6.06. The number of rotatable bonds is 5. The molecule has 0 saturated carbocycles. The van der Waals surface area contributed by atoms with Crippen molar-refractivity contribution >= 4 is 22.9 Å². The minimum atomic E-state index is -0.357. The first-order valence-electron chi connectivity index (χ1n) is 7.99. The molecule has 1 aliphatic rings. The Morgan fingerprint density at radius 2 is 2.21 bits per heavy atom. The Hall–Kier alpha value is -2.64. The molecule has 3 rings (SSSR count). The first-order chi connectivity index (χ1) is 11.5. The Morgan fingerprint density at radius 1 is 1.42 bits per heavy atom. The van der Waals surface area contributed by atoms with E-state index in [0.717, 1.165) is 13.0 Å². The SMILES string of the molecule is Cc1oc2ncn(C)c(=O)c2c1C(=O)NCCCN1CCCC1=O. The lowest BCUT2D eigenvalue weighted by atomic mass is 10.1. The molecule has 0 unspecified atom stereocenters. The van der Waals surface area contributed by atoms with E-state index in [4.69, 9.17) is 4.42 Å². The van der Waals surface area contributed by atoms with Crippen molar-refractivity contribution in [2.24, 2.45) is 7.05 Å². The fraction of sp³-hybridized carbons (Fsp3) is 0.500. The van der Waals surface area contributed by atoms with Crippen LogP contribution in [0.4, 0.5) is 0 Å². The van der Waals surface area contributed by atoms with Crippen molar-refractivity contribution in [3.63, 3.8) is 0 Å². The molecule has 1 fully saturated rings. The Bertz CT molecular complexity index is 852. The van der Waals surface area contributed by atoms with E-state index >= 15 is 0 Å². The van der Waals surface area contributed by atoms with Crippen molar-refractivity contribution in [2.75, 3.05) is 19.6 Å². The van der Waals surface area contributed by atoms with Gasteiger partial charge in [0.1, 0.15) is 17.5 Å². The molecule has 0 radical (unpaired) electrons. The number of amides is 2. The summed E-state index contributed by atoms with van der Waals surface area (Å²) in [6, 6.07) is 0. The number of hydrogen-bond donors (Lipinski definition) is 1. The average Bonchev–Trinajstić information content (AvgIpc) is 3.10. The summed E-state index contributed by atoms with van der Waals surface area (Å²) in [5, 5.41) is 2.99. The van der Waals surface area contributed by atoms with Gasteiger partial charge in [0.2, 0.25) is 11.6 Å². The monoisotopic (exact) mass is 332 g/mol. The number of nitrogens with one attached hydrogen (secondary N) is 1. The minimum Gasteiger partial charge on any atom is -0.442 e. The van der Waals surface area contributed by atoms with Crippen LogP contribution in [0.15, 0.2) is 15.5 Å². The Kier molecular flexibility index (Phi) is 4.37. The molecule has 2 amide bonds. The van der Waals surface area contributed by atoms with Gasteiger partial charge in [-0.15, -0.1) is 0 Å². The van der Waals surface area contributed by atoms with Crippen LogP contribution in [0.1, 0.15) is 35.4 Å². The van der Waals surface area contributed by atoms with Crippen molar-refractivity contribution in [3.8, 4) is 0 Å². The van der Waals surface area contributed by atoms with Gasteiger partial charge in [0.25, 0.3) is 11.5 Å². The minimum absolute atomic E-state index is 0.170. The van der Waals surface area contributed by atoms with Crippen LogP contribution in [-0.2, 0) is 11.8 Å². The van der Waals surface area contributed by atoms with Gasteiger partial charge in [0, 0.05) is 33.1 Å². The second-order valence-corrected chi connectivity index (χ2v) is 5.97. The largest absolute Gasteiger partial charge is 0.442 e. The van der Waals surface area contributed by atoms with Gasteiger partial charge in [-0.05, 0) is 19.8 Å². The molecule has 24 heavy (non-hydrogen) atoms. The van der Waals surface area contributed by atoms with E-state index in [2.05, 4.69) is 10.3 Å². The summed E-state index contributed by atoms with van der Waals surface area (Å²) in [6.07, 6.45) is 3.55. The third-order valence-electron chi connectivity index (χ3n) is 4.24. The highest BCUT2D eigenvalue weighted by Crippen LogP contribution is 2.20. The average molecular weight is 332 g/mol. The van der Waals surface area contributed by atoms with E-state index in [1.165, 1.54) is 10.9 Å². The van der Waals surface area contributed by atoms with Crippen LogP contribution >= 0.6 is 0 Å². The maximum atomic E-state index is 12.4. The molecule has 8 heteroatoms.